The first-order chi connectivity index (χ1) is 11.2. The van der Waals surface area contributed by atoms with Gasteiger partial charge in [-0.1, -0.05) is 30.3 Å². The summed E-state index contributed by atoms with van der Waals surface area (Å²) in [6.45, 7) is -0.0501. The standard InChI is InChI=1S/C16H18F3NO4/c17-16(18,19)15(8-9-15)7-6-12(13(21)22)20-14(23)24-10-11-4-2-1-3-5-11/h1-5,12H,6-10H2,(H,20,23)(H,21,22)/t12-/m0/s1. The summed E-state index contributed by atoms with van der Waals surface area (Å²) in [5.74, 6) is -1.38. The fraction of sp³-hybridized carbons (Fsp3) is 0.500. The lowest BCUT2D eigenvalue weighted by molar-refractivity contribution is -0.189. The molecule has 1 aliphatic carbocycles. The van der Waals surface area contributed by atoms with E-state index in [1.807, 2.05) is 0 Å². The summed E-state index contributed by atoms with van der Waals surface area (Å²) >= 11 is 0. The Morgan fingerprint density at radius 3 is 2.38 bits per heavy atom. The van der Waals surface area contributed by atoms with Gasteiger partial charge in [-0.15, -0.1) is 0 Å². The molecule has 1 aromatic carbocycles. The van der Waals surface area contributed by atoms with Crippen LogP contribution in [0.15, 0.2) is 30.3 Å². The van der Waals surface area contributed by atoms with E-state index in [1.165, 1.54) is 0 Å². The van der Waals surface area contributed by atoms with Crippen LogP contribution in [0.3, 0.4) is 0 Å². The second kappa shape index (κ2) is 7.11. The van der Waals surface area contributed by atoms with Crippen LogP contribution in [0.2, 0.25) is 0 Å². The highest BCUT2D eigenvalue weighted by Gasteiger charge is 2.62. The quantitative estimate of drug-likeness (QED) is 0.793. The maximum Gasteiger partial charge on any atom is 0.408 e. The second-order valence-electron chi connectivity index (χ2n) is 5.91. The molecular formula is C16H18F3NO4. The summed E-state index contributed by atoms with van der Waals surface area (Å²) in [6.07, 6.45) is -5.93. The lowest BCUT2D eigenvalue weighted by Crippen LogP contribution is -2.42. The van der Waals surface area contributed by atoms with Gasteiger partial charge in [-0.05, 0) is 31.2 Å². The monoisotopic (exact) mass is 345 g/mol. The number of carboxylic acid groups (broad SMARTS) is 1. The first-order valence-corrected chi connectivity index (χ1v) is 7.50. The molecule has 8 heteroatoms. The number of halogens is 3. The third-order valence-corrected chi connectivity index (χ3v) is 4.17. The van der Waals surface area contributed by atoms with Crippen molar-refractivity contribution in [3.05, 3.63) is 35.9 Å². The number of carbonyl (C=O) groups excluding carboxylic acids is 1. The van der Waals surface area contributed by atoms with Gasteiger partial charge in [0.25, 0.3) is 0 Å². The molecule has 1 amide bonds. The Kier molecular flexibility index (Phi) is 5.36. The number of alkyl halides is 3. The first-order valence-electron chi connectivity index (χ1n) is 7.50. The van der Waals surface area contributed by atoms with E-state index in [0.29, 0.717) is 5.56 Å². The number of benzene rings is 1. The molecule has 0 bridgehead atoms. The lowest BCUT2D eigenvalue weighted by atomic mass is 9.96. The molecule has 1 saturated carbocycles. The largest absolute Gasteiger partial charge is 0.480 e. The number of carboxylic acids is 1. The molecule has 0 aromatic heterocycles. The molecule has 0 radical (unpaired) electrons. The van der Waals surface area contributed by atoms with Crippen LogP contribution in [0, 0.1) is 5.41 Å². The van der Waals surface area contributed by atoms with Gasteiger partial charge < -0.3 is 15.2 Å². The number of ether oxygens (including phenoxy) is 1. The smallest absolute Gasteiger partial charge is 0.408 e. The number of hydrogen-bond acceptors (Lipinski definition) is 3. The number of aliphatic carboxylic acids is 1. The highest BCUT2D eigenvalue weighted by atomic mass is 19.4. The Morgan fingerprint density at radius 2 is 1.88 bits per heavy atom. The van der Waals surface area contributed by atoms with E-state index < -0.39 is 29.7 Å². The predicted molar refractivity (Wildman–Crippen MR) is 78.1 cm³/mol. The van der Waals surface area contributed by atoms with Crippen molar-refractivity contribution in [2.75, 3.05) is 0 Å². The summed E-state index contributed by atoms with van der Waals surface area (Å²) in [7, 11) is 0. The number of amides is 1. The second-order valence-corrected chi connectivity index (χ2v) is 5.91. The highest BCUT2D eigenvalue weighted by molar-refractivity contribution is 5.79. The summed E-state index contributed by atoms with van der Waals surface area (Å²) in [5.41, 5.74) is -1.08. The molecule has 1 atom stereocenters. The molecule has 0 aliphatic heterocycles. The van der Waals surface area contributed by atoms with Gasteiger partial charge in [0.05, 0.1) is 5.41 Å². The van der Waals surface area contributed by atoms with Crippen molar-refractivity contribution in [3.8, 4) is 0 Å². The minimum Gasteiger partial charge on any atom is -0.480 e. The number of nitrogens with one attached hydrogen (secondary N) is 1. The summed E-state index contributed by atoms with van der Waals surface area (Å²) in [5, 5.41) is 11.2. The summed E-state index contributed by atoms with van der Waals surface area (Å²) < 4.78 is 43.5. The van der Waals surface area contributed by atoms with E-state index in [-0.39, 0.29) is 32.3 Å². The molecular weight excluding hydrogens is 327 g/mol. The zero-order valence-corrected chi connectivity index (χ0v) is 12.8. The van der Waals surface area contributed by atoms with Crippen LogP contribution in [0.4, 0.5) is 18.0 Å². The van der Waals surface area contributed by atoms with Crippen LogP contribution in [-0.2, 0) is 16.1 Å². The zero-order chi connectivity index (χ0) is 17.8. The van der Waals surface area contributed by atoms with Crippen molar-refractivity contribution in [2.24, 2.45) is 5.41 Å². The Morgan fingerprint density at radius 1 is 1.25 bits per heavy atom. The van der Waals surface area contributed by atoms with E-state index in [0.717, 1.165) is 0 Å². The Hall–Kier alpha value is -2.25. The van der Waals surface area contributed by atoms with Crippen molar-refractivity contribution in [3.63, 3.8) is 0 Å². The van der Waals surface area contributed by atoms with Gasteiger partial charge in [-0.2, -0.15) is 13.2 Å². The molecule has 1 aliphatic rings. The minimum atomic E-state index is -4.34. The van der Waals surface area contributed by atoms with Gasteiger partial charge in [0.1, 0.15) is 12.6 Å². The van der Waals surface area contributed by atoms with E-state index in [4.69, 9.17) is 9.84 Å². The third-order valence-electron chi connectivity index (χ3n) is 4.17. The van der Waals surface area contributed by atoms with Gasteiger partial charge in [-0.25, -0.2) is 9.59 Å². The van der Waals surface area contributed by atoms with Gasteiger partial charge in [-0.3, -0.25) is 0 Å². The van der Waals surface area contributed by atoms with Crippen LogP contribution in [0.25, 0.3) is 0 Å². The number of carbonyl (C=O) groups is 2. The molecule has 1 aromatic rings. The summed E-state index contributed by atoms with van der Waals surface area (Å²) in [6, 6.07) is 7.34. The Balaban J connectivity index is 1.82. The van der Waals surface area contributed by atoms with Crippen molar-refractivity contribution >= 4 is 12.1 Å². The van der Waals surface area contributed by atoms with Gasteiger partial charge >= 0.3 is 18.2 Å². The van der Waals surface area contributed by atoms with Crippen molar-refractivity contribution < 1.29 is 32.6 Å². The number of alkyl carbamates (subject to hydrolysis) is 1. The van der Waals surface area contributed by atoms with Crippen LogP contribution in [0.5, 0.6) is 0 Å². The maximum absolute atomic E-state index is 12.9. The number of hydrogen-bond donors (Lipinski definition) is 2. The predicted octanol–water partition coefficient (Wildman–Crippen LogP) is 3.49. The molecule has 0 spiro atoms. The molecule has 0 unspecified atom stereocenters. The van der Waals surface area contributed by atoms with E-state index in [9.17, 15) is 22.8 Å². The minimum absolute atomic E-state index is 0.00128. The van der Waals surface area contributed by atoms with Gasteiger partial charge in [0, 0.05) is 0 Å². The van der Waals surface area contributed by atoms with E-state index in [2.05, 4.69) is 5.32 Å². The molecule has 132 valence electrons. The van der Waals surface area contributed by atoms with Gasteiger partial charge in [0.15, 0.2) is 0 Å². The molecule has 0 heterocycles. The lowest BCUT2D eigenvalue weighted by Gasteiger charge is -2.21. The first kappa shape index (κ1) is 18.1. The fourth-order valence-electron chi connectivity index (χ4n) is 2.41. The van der Waals surface area contributed by atoms with Crippen LogP contribution in [0.1, 0.15) is 31.2 Å². The van der Waals surface area contributed by atoms with Crippen LogP contribution in [-0.4, -0.2) is 29.4 Å². The van der Waals surface area contributed by atoms with Crippen LogP contribution >= 0.6 is 0 Å². The molecule has 1 fully saturated rings. The zero-order valence-electron chi connectivity index (χ0n) is 12.8. The Labute approximate surface area is 136 Å². The number of rotatable bonds is 7. The van der Waals surface area contributed by atoms with Gasteiger partial charge in [0.2, 0.25) is 0 Å². The highest BCUT2D eigenvalue weighted by Crippen LogP contribution is 2.60. The molecule has 24 heavy (non-hydrogen) atoms. The van der Waals surface area contributed by atoms with E-state index >= 15 is 0 Å². The van der Waals surface area contributed by atoms with Crippen molar-refractivity contribution in [2.45, 2.75) is 44.5 Å². The molecule has 5 nitrogen and oxygen atoms in total. The molecule has 0 saturated heterocycles. The van der Waals surface area contributed by atoms with Crippen molar-refractivity contribution in [1.82, 2.24) is 5.32 Å². The normalized spacial score (nSPS) is 17.0. The topological polar surface area (TPSA) is 75.6 Å². The van der Waals surface area contributed by atoms with Crippen molar-refractivity contribution in [1.29, 1.82) is 0 Å². The Bertz CT molecular complexity index is 585. The maximum atomic E-state index is 12.9. The third kappa shape index (κ3) is 4.62. The summed E-state index contributed by atoms with van der Waals surface area (Å²) in [4.78, 5) is 22.8. The fourth-order valence-corrected chi connectivity index (χ4v) is 2.41. The molecule has 2 rings (SSSR count). The molecule has 2 N–H and O–H groups in total. The van der Waals surface area contributed by atoms with E-state index in [1.54, 1.807) is 30.3 Å². The SMILES string of the molecule is O=C(N[C@@H](CCC1(C(F)(F)F)CC1)C(=O)O)OCc1ccccc1. The van der Waals surface area contributed by atoms with Crippen LogP contribution < -0.4 is 5.32 Å². The average molecular weight is 345 g/mol. The average Bonchev–Trinajstić information content (AvgIpc) is 3.31.